The van der Waals surface area contributed by atoms with Gasteiger partial charge in [0, 0.05) is 0 Å². The Hall–Kier alpha value is -0.260. The fourth-order valence-corrected chi connectivity index (χ4v) is 2.83. The zero-order valence-electron chi connectivity index (χ0n) is 11.4. The van der Waals surface area contributed by atoms with Crippen molar-refractivity contribution in [3.05, 3.63) is 11.6 Å². The van der Waals surface area contributed by atoms with Gasteiger partial charge in [-0.3, -0.25) is 0 Å². The molecule has 16 heavy (non-hydrogen) atoms. The second-order valence-corrected chi connectivity index (χ2v) is 5.76. The van der Waals surface area contributed by atoms with Crippen LogP contribution in [0.3, 0.4) is 0 Å². The van der Waals surface area contributed by atoms with Crippen LogP contribution < -0.4 is 0 Å². The number of hydrogen-bond donors (Lipinski definition) is 0. The van der Waals surface area contributed by atoms with Crippen molar-refractivity contribution < 1.29 is 0 Å². The van der Waals surface area contributed by atoms with Crippen LogP contribution in [0.1, 0.15) is 84.5 Å². The lowest BCUT2D eigenvalue weighted by Crippen LogP contribution is -1.99. The zero-order chi connectivity index (χ0) is 11.6. The predicted octanol–water partition coefficient (Wildman–Crippen LogP) is 5.87. The molecule has 1 aliphatic carbocycles. The molecule has 0 nitrogen and oxygen atoms in total. The van der Waals surface area contributed by atoms with Crippen LogP contribution in [0.15, 0.2) is 11.6 Å². The summed E-state index contributed by atoms with van der Waals surface area (Å²) in [6.45, 7) is 4.49. The van der Waals surface area contributed by atoms with Crippen LogP contribution in [0.4, 0.5) is 0 Å². The molecular formula is C16H30. The van der Waals surface area contributed by atoms with Gasteiger partial charge in [-0.05, 0) is 32.6 Å². The SMILES string of the molecule is CC(C)=CC1CCCCCCCCCCC1. The molecule has 1 fully saturated rings. The van der Waals surface area contributed by atoms with Crippen LogP contribution in [0.5, 0.6) is 0 Å². The van der Waals surface area contributed by atoms with E-state index in [9.17, 15) is 0 Å². The third-order valence-electron chi connectivity index (χ3n) is 3.72. The lowest BCUT2D eigenvalue weighted by atomic mass is 9.91. The van der Waals surface area contributed by atoms with Gasteiger partial charge in [-0.25, -0.2) is 0 Å². The first-order valence-corrected chi connectivity index (χ1v) is 7.44. The van der Waals surface area contributed by atoms with Gasteiger partial charge in [0.25, 0.3) is 0 Å². The van der Waals surface area contributed by atoms with E-state index in [1.807, 2.05) is 0 Å². The lowest BCUT2D eigenvalue weighted by molar-refractivity contribution is 0.448. The van der Waals surface area contributed by atoms with E-state index in [-0.39, 0.29) is 0 Å². The Kier molecular flexibility index (Phi) is 7.63. The van der Waals surface area contributed by atoms with Gasteiger partial charge < -0.3 is 0 Å². The molecule has 0 unspecified atom stereocenters. The molecule has 0 spiro atoms. The Bertz CT molecular complexity index is 174. The first-order valence-electron chi connectivity index (χ1n) is 7.44. The minimum atomic E-state index is 0.879. The van der Waals surface area contributed by atoms with Gasteiger partial charge in [0.15, 0.2) is 0 Å². The summed E-state index contributed by atoms with van der Waals surface area (Å²) in [6.07, 6.45) is 18.6. The van der Waals surface area contributed by atoms with Gasteiger partial charge in [-0.15, -0.1) is 0 Å². The van der Waals surface area contributed by atoms with Crippen molar-refractivity contribution in [2.45, 2.75) is 84.5 Å². The summed E-state index contributed by atoms with van der Waals surface area (Å²) in [7, 11) is 0. The third kappa shape index (κ3) is 7.09. The van der Waals surface area contributed by atoms with E-state index in [1.165, 1.54) is 76.2 Å². The molecule has 0 bridgehead atoms. The molecule has 0 N–H and O–H groups in total. The van der Waals surface area contributed by atoms with Gasteiger partial charge in [0.1, 0.15) is 0 Å². The highest BCUT2D eigenvalue weighted by Gasteiger charge is 2.06. The molecule has 0 radical (unpaired) electrons. The van der Waals surface area contributed by atoms with E-state index in [0.29, 0.717) is 0 Å². The zero-order valence-corrected chi connectivity index (χ0v) is 11.4. The smallest absolute Gasteiger partial charge is 0.0231 e. The summed E-state index contributed by atoms with van der Waals surface area (Å²) in [5.41, 5.74) is 1.51. The molecule has 0 aliphatic heterocycles. The summed E-state index contributed by atoms with van der Waals surface area (Å²) in [4.78, 5) is 0. The monoisotopic (exact) mass is 222 g/mol. The highest BCUT2D eigenvalue weighted by Crippen LogP contribution is 2.22. The Balaban J connectivity index is 2.33. The molecule has 0 heterocycles. The van der Waals surface area contributed by atoms with Crippen LogP contribution in [-0.2, 0) is 0 Å². The van der Waals surface area contributed by atoms with Crippen molar-refractivity contribution in [2.75, 3.05) is 0 Å². The fourth-order valence-electron chi connectivity index (χ4n) is 2.83. The van der Waals surface area contributed by atoms with Crippen molar-refractivity contribution >= 4 is 0 Å². The highest BCUT2D eigenvalue weighted by atomic mass is 14.1. The van der Waals surface area contributed by atoms with Crippen molar-refractivity contribution in [1.29, 1.82) is 0 Å². The van der Waals surface area contributed by atoms with Crippen LogP contribution in [0.25, 0.3) is 0 Å². The molecule has 94 valence electrons. The van der Waals surface area contributed by atoms with Gasteiger partial charge in [-0.2, -0.15) is 0 Å². The molecule has 0 amide bonds. The van der Waals surface area contributed by atoms with Gasteiger partial charge in [0.05, 0.1) is 0 Å². The summed E-state index contributed by atoms with van der Waals surface area (Å²) in [5, 5.41) is 0. The molecule has 0 saturated heterocycles. The third-order valence-corrected chi connectivity index (χ3v) is 3.72. The Labute approximate surface area is 103 Å². The van der Waals surface area contributed by atoms with Crippen LogP contribution in [0, 0.1) is 5.92 Å². The topological polar surface area (TPSA) is 0 Å². The van der Waals surface area contributed by atoms with E-state index >= 15 is 0 Å². The summed E-state index contributed by atoms with van der Waals surface area (Å²) in [6, 6.07) is 0. The summed E-state index contributed by atoms with van der Waals surface area (Å²) in [5.74, 6) is 0.879. The van der Waals surface area contributed by atoms with E-state index < -0.39 is 0 Å². The normalized spacial score (nSPS) is 21.9. The van der Waals surface area contributed by atoms with Crippen molar-refractivity contribution in [3.63, 3.8) is 0 Å². The second kappa shape index (κ2) is 8.84. The second-order valence-electron chi connectivity index (χ2n) is 5.76. The van der Waals surface area contributed by atoms with E-state index in [1.54, 1.807) is 0 Å². The van der Waals surface area contributed by atoms with Crippen LogP contribution in [-0.4, -0.2) is 0 Å². The van der Waals surface area contributed by atoms with Gasteiger partial charge in [0.2, 0.25) is 0 Å². The summed E-state index contributed by atoms with van der Waals surface area (Å²) >= 11 is 0. The lowest BCUT2D eigenvalue weighted by Gasteiger charge is -2.14. The molecule has 1 saturated carbocycles. The quantitative estimate of drug-likeness (QED) is 0.486. The molecule has 0 atom stereocenters. The maximum atomic E-state index is 2.52. The minimum Gasteiger partial charge on any atom is -0.0828 e. The summed E-state index contributed by atoms with van der Waals surface area (Å²) < 4.78 is 0. The average molecular weight is 222 g/mol. The maximum Gasteiger partial charge on any atom is -0.0231 e. The number of rotatable bonds is 1. The molecule has 0 aromatic carbocycles. The average Bonchev–Trinajstić information content (AvgIpc) is 2.21. The highest BCUT2D eigenvalue weighted by molar-refractivity contribution is 4.97. The first kappa shape index (κ1) is 13.8. The van der Waals surface area contributed by atoms with E-state index in [4.69, 9.17) is 0 Å². The van der Waals surface area contributed by atoms with Crippen molar-refractivity contribution in [1.82, 2.24) is 0 Å². The first-order chi connectivity index (χ1) is 7.79. The number of hydrogen-bond acceptors (Lipinski definition) is 0. The van der Waals surface area contributed by atoms with E-state index in [0.717, 1.165) is 5.92 Å². The maximum absolute atomic E-state index is 2.52. The largest absolute Gasteiger partial charge is 0.0828 e. The van der Waals surface area contributed by atoms with Crippen LogP contribution in [0.2, 0.25) is 0 Å². The standard InChI is InChI=1S/C16H30/c1-15(2)14-16-12-10-8-6-4-3-5-7-9-11-13-16/h14,16H,3-13H2,1-2H3. The molecule has 1 rings (SSSR count). The Morgan fingerprint density at radius 1 is 0.688 bits per heavy atom. The molecule has 0 aromatic heterocycles. The molecular weight excluding hydrogens is 192 g/mol. The minimum absolute atomic E-state index is 0.879. The fraction of sp³-hybridized carbons (Fsp3) is 0.875. The van der Waals surface area contributed by atoms with Crippen molar-refractivity contribution in [3.8, 4) is 0 Å². The van der Waals surface area contributed by atoms with Gasteiger partial charge in [-0.1, -0.05) is 69.4 Å². The molecule has 1 aliphatic rings. The van der Waals surface area contributed by atoms with Crippen LogP contribution >= 0.6 is 0 Å². The van der Waals surface area contributed by atoms with E-state index in [2.05, 4.69) is 19.9 Å². The molecule has 0 heteroatoms. The van der Waals surface area contributed by atoms with Gasteiger partial charge >= 0.3 is 0 Å². The Morgan fingerprint density at radius 3 is 1.44 bits per heavy atom. The number of allylic oxidation sites excluding steroid dienone is 2. The predicted molar refractivity (Wildman–Crippen MR) is 73.7 cm³/mol. The molecule has 0 aromatic rings. The Morgan fingerprint density at radius 2 is 1.06 bits per heavy atom. The van der Waals surface area contributed by atoms with Crippen molar-refractivity contribution in [2.24, 2.45) is 5.92 Å².